The molecule has 47 heavy (non-hydrogen) atoms. The van der Waals surface area contributed by atoms with E-state index < -0.39 is 62.7 Å². The SMILES string of the molecule is COP(=O)(/C=C1\C=CN([C@@H]2O[C@H](COC(=O)c3ccccc3)[C@@H](OC(=O)c3ccccc3)[C@H]2OC(=O)c2ccccc2)C(=O)N1)OC. The van der Waals surface area contributed by atoms with Crippen LogP contribution in [0.4, 0.5) is 4.79 Å². The van der Waals surface area contributed by atoms with Crippen LogP contribution in [0.3, 0.4) is 0 Å². The maximum Gasteiger partial charge on any atom is 0.355 e. The molecule has 1 fully saturated rings. The highest BCUT2D eigenvalue weighted by Crippen LogP contribution is 2.49. The lowest BCUT2D eigenvalue weighted by Crippen LogP contribution is -2.51. The number of nitrogens with one attached hydrogen (secondary N) is 1. The van der Waals surface area contributed by atoms with Crippen LogP contribution in [-0.4, -0.2) is 74.2 Å². The number of benzene rings is 3. The predicted octanol–water partition coefficient (Wildman–Crippen LogP) is 4.89. The summed E-state index contributed by atoms with van der Waals surface area (Å²) in [5, 5.41) is 2.56. The smallest absolute Gasteiger partial charge is 0.355 e. The summed E-state index contributed by atoms with van der Waals surface area (Å²) >= 11 is 0. The lowest BCUT2D eigenvalue weighted by molar-refractivity contribution is -0.0727. The number of rotatable bonds is 11. The number of ether oxygens (including phenoxy) is 4. The zero-order valence-electron chi connectivity index (χ0n) is 25.3. The Kier molecular flexibility index (Phi) is 10.6. The first-order valence-electron chi connectivity index (χ1n) is 14.3. The predicted molar refractivity (Wildman–Crippen MR) is 166 cm³/mol. The van der Waals surface area contributed by atoms with Crippen molar-refractivity contribution >= 4 is 31.5 Å². The van der Waals surface area contributed by atoms with Crippen LogP contribution in [-0.2, 0) is 32.6 Å². The van der Waals surface area contributed by atoms with E-state index >= 15 is 0 Å². The highest BCUT2D eigenvalue weighted by molar-refractivity contribution is 7.57. The fraction of sp³-hybridized carbons (Fsp3) is 0.212. The topological polar surface area (TPSA) is 156 Å². The van der Waals surface area contributed by atoms with E-state index in [9.17, 15) is 23.7 Å². The minimum absolute atomic E-state index is 0.106. The Bertz CT molecular complexity index is 1690. The van der Waals surface area contributed by atoms with Crippen molar-refractivity contribution in [1.82, 2.24) is 10.2 Å². The molecule has 3 aromatic carbocycles. The third-order valence-corrected chi connectivity index (χ3v) is 8.77. The average molecular weight is 663 g/mol. The third-order valence-electron chi connectivity index (χ3n) is 7.16. The van der Waals surface area contributed by atoms with Crippen molar-refractivity contribution in [2.45, 2.75) is 24.5 Å². The zero-order valence-corrected chi connectivity index (χ0v) is 26.2. The lowest BCUT2D eigenvalue weighted by atomic mass is 10.1. The van der Waals surface area contributed by atoms with Crippen LogP contribution in [0, 0.1) is 0 Å². The molecule has 14 heteroatoms. The maximum absolute atomic E-state index is 13.4. The quantitative estimate of drug-likeness (QED) is 0.170. The molecule has 0 unspecified atom stereocenters. The largest absolute Gasteiger partial charge is 0.459 e. The second kappa shape index (κ2) is 15.0. The van der Waals surface area contributed by atoms with Crippen LogP contribution in [0.5, 0.6) is 0 Å². The molecule has 2 amide bonds. The van der Waals surface area contributed by atoms with Crippen molar-refractivity contribution in [1.29, 1.82) is 0 Å². The van der Waals surface area contributed by atoms with Gasteiger partial charge in [-0.05, 0) is 42.5 Å². The highest BCUT2D eigenvalue weighted by atomic mass is 31.2. The fourth-order valence-corrected chi connectivity index (χ4v) is 5.62. The Labute approximate surface area is 270 Å². The van der Waals surface area contributed by atoms with Gasteiger partial charge in [-0.1, -0.05) is 54.6 Å². The monoisotopic (exact) mass is 662 g/mol. The first-order chi connectivity index (χ1) is 22.7. The van der Waals surface area contributed by atoms with Gasteiger partial charge in [-0.15, -0.1) is 0 Å². The number of carbonyl (C=O) groups is 4. The van der Waals surface area contributed by atoms with Gasteiger partial charge in [0, 0.05) is 20.4 Å². The lowest BCUT2D eigenvalue weighted by Gasteiger charge is -2.32. The van der Waals surface area contributed by atoms with Crippen LogP contribution >= 0.6 is 7.60 Å². The van der Waals surface area contributed by atoms with Gasteiger partial charge >= 0.3 is 31.5 Å². The molecular formula is C33H31N2O11P. The van der Waals surface area contributed by atoms with Crippen molar-refractivity contribution in [3.05, 3.63) is 131 Å². The molecule has 5 rings (SSSR count). The van der Waals surface area contributed by atoms with Crippen molar-refractivity contribution in [2.24, 2.45) is 0 Å². The molecule has 0 spiro atoms. The van der Waals surface area contributed by atoms with Crippen molar-refractivity contribution in [3.8, 4) is 0 Å². The van der Waals surface area contributed by atoms with Crippen LogP contribution < -0.4 is 5.32 Å². The Morgan fingerprint density at radius 3 is 1.77 bits per heavy atom. The normalized spacial score (nSPS) is 21.6. The molecule has 2 aliphatic rings. The highest BCUT2D eigenvalue weighted by Gasteiger charge is 2.53. The van der Waals surface area contributed by atoms with E-state index in [-0.39, 0.29) is 22.4 Å². The zero-order chi connectivity index (χ0) is 33.4. The minimum atomic E-state index is -3.65. The van der Waals surface area contributed by atoms with Crippen LogP contribution in [0.2, 0.25) is 0 Å². The van der Waals surface area contributed by atoms with Crippen LogP contribution in [0.25, 0.3) is 0 Å². The Morgan fingerprint density at radius 2 is 1.28 bits per heavy atom. The van der Waals surface area contributed by atoms with Gasteiger partial charge in [0.05, 0.1) is 28.2 Å². The number of hydrogen-bond acceptors (Lipinski definition) is 11. The van der Waals surface area contributed by atoms with E-state index in [4.69, 9.17) is 28.0 Å². The summed E-state index contributed by atoms with van der Waals surface area (Å²) < 4.78 is 45.9. The number of amides is 2. The van der Waals surface area contributed by atoms with E-state index in [1.807, 2.05) is 0 Å². The average Bonchev–Trinajstić information content (AvgIpc) is 3.43. The molecule has 0 saturated carbocycles. The summed E-state index contributed by atoms with van der Waals surface area (Å²) in [5.74, 6) is -1.10. The molecular weight excluding hydrogens is 631 g/mol. The number of allylic oxidation sites excluding steroid dienone is 1. The molecule has 244 valence electrons. The van der Waals surface area contributed by atoms with Gasteiger partial charge in [0.1, 0.15) is 12.7 Å². The number of nitrogens with zero attached hydrogens (tertiary/aromatic N) is 1. The molecule has 2 heterocycles. The number of urea groups is 1. The van der Waals surface area contributed by atoms with Gasteiger partial charge in [-0.25, -0.2) is 19.2 Å². The summed E-state index contributed by atoms with van der Waals surface area (Å²) in [6, 6.07) is 23.6. The second-order valence-corrected chi connectivity index (χ2v) is 12.2. The van der Waals surface area contributed by atoms with Gasteiger partial charge in [0.15, 0.2) is 18.4 Å². The fourth-order valence-electron chi connectivity index (χ4n) is 4.77. The molecule has 0 radical (unpaired) electrons. The summed E-state index contributed by atoms with van der Waals surface area (Å²) in [6.07, 6.45) is -2.59. The van der Waals surface area contributed by atoms with E-state index in [2.05, 4.69) is 5.32 Å². The molecule has 1 N–H and O–H groups in total. The van der Waals surface area contributed by atoms with Gasteiger partial charge < -0.3 is 33.3 Å². The molecule has 0 bridgehead atoms. The van der Waals surface area contributed by atoms with Gasteiger partial charge in [0.2, 0.25) is 0 Å². The molecule has 3 aromatic rings. The van der Waals surface area contributed by atoms with Gasteiger partial charge in [0.25, 0.3) is 0 Å². The molecule has 13 nitrogen and oxygen atoms in total. The molecule has 0 aromatic heterocycles. The standard InChI is InChI=1S/C33H31N2O11P/c1-41-47(40,42-2)21-25-18-19-35(33(39)34-25)29-28(46-32(38)24-16-10-5-11-17-24)27(45-31(37)23-14-8-4-9-15-23)26(44-29)20-43-30(36)22-12-6-3-7-13-22/h3-19,21,26-29H,20H2,1-2H3,(H,34,39)/b25-21+/t26-,27-,28-,29-/m1/s1. The number of hydrogen-bond donors (Lipinski definition) is 1. The summed E-state index contributed by atoms with van der Waals surface area (Å²) in [7, 11) is -1.26. The van der Waals surface area contributed by atoms with Crippen LogP contribution in [0.1, 0.15) is 31.1 Å². The third kappa shape index (κ3) is 8.02. The van der Waals surface area contributed by atoms with E-state index in [1.54, 1.807) is 78.9 Å². The Morgan fingerprint density at radius 1 is 0.787 bits per heavy atom. The first-order valence-corrected chi connectivity index (χ1v) is 15.9. The second-order valence-electron chi connectivity index (χ2n) is 10.1. The summed E-state index contributed by atoms with van der Waals surface area (Å²) in [6.45, 7) is -0.425. The molecule has 1 saturated heterocycles. The molecule has 4 atom stereocenters. The van der Waals surface area contributed by atoms with Gasteiger partial charge in [-0.2, -0.15) is 0 Å². The van der Waals surface area contributed by atoms with E-state index in [0.717, 1.165) is 10.7 Å². The van der Waals surface area contributed by atoms with Crippen molar-refractivity contribution in [2.75, 3.05) is 20.8 Å². The Hall–Kier alpha value is -5.07. The Balaban J connectivity index is 1.49. The first kappa shape index (κ1) is 33.3. The maximum atomic E-state index is 13.4. The molecule has 0 aliphatic carbocycles. The van der Waals surface area contributed by atoms with Crippen LogP contribution in [0.15, 0.2) is 115 Å². The molecule has 2 aliphatic heterocycles. The summed E-state index contributed by atoms with van der Waals surface area (Å²) in [4.78, 5) is 53.9. The number of esters is 3. The number of carbonyl (C=O) groups excluding carboxylic acids is 4. The van der Waals surface area contributed by atoms with E-state index in [1.165, 1.54) is 38.6 Å². The van der Waals surface area contributed by atoms with E-state index in [0.29, 0.717) is 0 Å². The minimum Gasteiger partial charge on any atom is -0.459 e. The summed E-state index contributed by atoms with van der Waals surface area (Å²) in [5.41, 5.74) is 0.774. The van der Waals surface area contributed by atoms with Gasteiger partial charge in [-0.3, -0.25) is 9.46 Å². The van der Waals surface area contributed by atoms with Crippen molar-refractivity contribution in [3.63, 3.8) is 0 Å². The van der Waals surface area contributed by atoms with Crippen molar-refractivity contribution < 1.29 is 51.7 Å².